The maximum Gasteiger partial charge on any atom is 0.314 e. The van der Waals surface area contributed by atoms with Gasteiger partial charge in [0.15, 0.2) is 0 Å². The highest BCUT2D eigenvalue weighted by molar-refractivity contribution is 9.10. The summed E-state index contributed by atoms with van der Waals surface area (Å²) in [5.41, 5.74) is 1.10. The van der Waals surface area contributed by atoms with Gasteiger partial charge < -0.3 is 14.6 Å². The molecule has 8 heteroatoms. The third-order valence-electron chi connectivity index (χ3n) is 4.99. The Kier molecular flexibility index (Phi) is 7.72. The Bertz CT molecular complexity index is 1090. The van der Waals surface area contributed by atoms with Gasteiger partial charge in [0.1, 0.15) is 17.6 Å². The lowest BCUT2D eigenvalue weighted by Gasteiger charge is -2.27. The molecule has 3 aromatic rings. The number of esters is 1. The van der Waals surface area contributed by atoms with Crippen LogP contribution in [-0.2, 0) is 25.6 Å². The van der Waals surface area contributed by atoms with Crippen molar-refractivity contribution < 1.29 is 23.9 Å². The van der Waals surface area contributed by atoms with Gasteiger partial charge in [-0.2, -0.15) is 4.57 Å². The Labute approximate surface area is 203 Å². The second kappa shape index (κ2) is 10.2. The van der Waals surface area contributed by atoms with E-state index >= 15 is 0 Å². The summed E-state index contributed by atoms with van der Waals surface area (Å²) in [4.78, 5) is 12.5. The Morgan fingerprint density at radius 1 is 1.06 bits per heavy atom. The molecule has 0 aliphatic heterocycles. The van der Waals surface area contributed by atoms with Gasteiger partial charge in [0.05, 0.1) is 12.2 Å². The highest BCUT2D eigenvalue weighted by atomic mass is 79.9. The van der Waals surface area contributed by atoms with E-state index in [0.29, 0.717) is 11.6 Å². The average molecular weight is 517 g/mol. The summed E-state index contributed by atoms with van der Waals surface area (Å²) >= 11 is 3.49. The van der Waals surface area contributed by atoms with E-state index in [2.05, 4.69) is 15.9 Å². The van der Waals surface area contributed by atoms with Gasteiger partial charge >= 0.3 is 17.6 Å². The van der Waals surface area contributed by atoms with E-state index in [9.17, 15) is 9.90 Å². The van der Waals surface area contributed by atoms with Crippen LogP contribution in [0.25, 0.3) is 17.1 Å². The van der Waals surface area contributed by atoms with Gasteiger partial charge in [-0.05, 0) is 71.0 Å². The first-order valence-corrected chi connectivity index (χ1v) is 11.8. The molecule has 0 radical (unpaired) electrons. The number of carbonyl (C=O) groups is 1. The number of rotatable bonds is 8. The van der Waals surface area contributed by atoms with E-state index in [1.807, 2.05) is 79.9 Å². The number of hydrogen-bond donors (Lipinski definition) is 1. The molecule has 0 fully saturated rings. The predicted molar refractivity (Wildman–Crippen MR) is 129 cm³/mol. The van der Waals surface area contributed by atoms with Gasteiger partial charge in [-0.3, -0.25) is 4.79 Å². The molecule has 0 spiro atoms. The van der Waals surface area contributed by atoms with Gasteiger partial charge in [0.25, 0.3) is 5.79 Å². The van der Waals surface area contributed by atoms with Crippen molar-refractivity contribution in [2.75, 3.05) is 13.2 Å². The molecule has 2 aromatic carbocycles. The first-order chi connectivity index (χ1) is 15.6. The van der Waals surface area contributed by atoms with Crippen LogP contribution < -0.4 is 4.57 Å². The van der Waals surface area contributed by atoms with Gasteiger partial charge in [0.2, 0.25) is 0 Å². The lowest BCUT2D eigenvalue weighted by Crippen LogP contribution is -2.50. The van der Waals surface area contributed by atoms with Crippen molar-refractivity contribution in [3.63, 3.8) is 0 Å². The molecular weight excluding hydrogens is 486 g/mol. The third-order valence-corrected chi connectivity index (χ3v) is 5.52. The summed E-state index contributed by atoms with van der Waals surface area (Å²) in [6.45, 7) is 9.86. The smallest absolute Gasteiger partial charge is 0.314 e. The average Bonchev–Trinajstić information content (AvgIpc) is 3.17. The van der Waals surface area contributed by atoms with E-state index < -0.39 is 17.3 Å². The fraction of sp³-hybridized carbons (Fsp3) is 0.400. The Balaban J connectivity index is 2.40. The highest BCUT2D eigenvalue weighted by Gasteiger charge is 2.49. The second-order valence-electron chi connectivity index (χ2n) is 8.61. The predicted octanol–water partition coefficient (Wildman–Crippen LogP) is 4.48. The monoisotopic (exact) mass is 516 g/mol. The molecule has 3 rings (SSSR count). The van der Waals surface area contributed by atoms with Crippen LogP contribution in [0.4, 0.5) is 0 Å². The summed E-state index contributed by atoms with van der Waals surface area (Å²) in [5.74, 6) is -1.57. The summed E-state index contributed by atoms with van der Waals surface area (Å²) in [5, 5.41) is 16.8. The molecule has 176 valence electrons. The molecule has 33 heavy (non-hydrogen) atoms. The number of nitrogens with zero attached hydrogens (tertiary/aromatic N) is 3. The minimum absolute atomic E-state index is 0.187. The molecule has 0 aliphatic rings. The number of ether oxygens (including phenoxy) is 2. The van der Waals surface area contributed by atoms with Crippen molar-refractivity contribution in [2.24, 2.45) is 0 Å². The lowest BCUT2D eigenvalue weighted by atomic mass is 10.1. The molecule has 7 nitrogen and oxygen atoms in total. The minimum atomic E-state index is -1.97. The van der Waals surface area contributed by atoms with Gasteiger partial charge in [0, 0.05) is 16.2 Å². The normalized spacial score (nSPS) is 13.5. The van der Waals surface area contributed by atoms with Crippen molar-refractivity contribution in [3.8, 4) is 17.1 Å². The van der Waals surface area contributed by atoms with Gasteiger partial charge in [-0.15, -0.1) is 4.68 Å². The molecule has 1 N–H and O–H groups in total. The first kappa shape index (κ1) is 25.1. The molecule has 1 unspecified atom stereocenters. The standard InChI is InChI=1S/C25H31BrN3O4/c1-6-32-21(30)17-25(31,33-7-2)23-28(20-15-13-19(26)14-16-20)22(18-11-9-8-10-12-18)27-29(23)24(3,4)5/h8-16,31H,6-7,17H2,1-5H3/q+1. The number of halogens is 1. The van der Waals surface area contributed by atoms with Crippen LogP contribution in [0.2, 0.25) is 0 Å². The van der Waals surface area contributed by atoms with Gasteiger partial charge in [-0.25, -0.2) is 0 Å². The zero-order valence-corrected chi connectivity index (χ0v) is 21.3. The quantitative estimate of drug-likeness (QED) is 0.271. The van der Waals surface area contributed by atoms with Crippen LogP contribution in [-0.4, -0.2) is 34.1 Å². The molecule has 0 saturated heterocycles. The molecule has 0 aliphatic carbocycles. The van der Waals surface area contributed by atoms with Crippen LogP contribution in [0.3, 0.4) is 0 Å². The largest absolute Gasteiger partial charge is 0.466 e. The number of hydrogen-bond acceptors (Lipinski definition) is 5. The van der Waals surface area contributed by atoms with Crippen molar-refractivity contribution in [1.29, 1.82) is 0 Å². The number of aromatic nitrogens is 3. The maximum absolute atomic E-state index is 12.5. The molecule has 0 amide bonds. The van der Waals surface area contributed by atoms with E-state index in [1.165, 1.54) is 0 Å². The van der Waals surface area contributed by atoms with Crippen LogP contribution >= 0.6 is 15.9 Å². The topological polar surface area (TPSA) is 77.5 Å². The van der Waals surface area contributed by atoms with Crippen molar-refractivity contribution in [2.45, 2.75) is 52.4 Å². The Hall–Kier alpha value is -2.55. The summed E-state index contributed by atoms with van der Waals surface area (Å²) < 4.78 is 15.5. The summed E-state index contributed by atoms with van der Waals surface area (Å²) in [6.07, 6.45) is -0.374. The number of carbonyl (C=O) groups excluding carboxylic acids is 1. The molecule has 0 bridgehead atoms. The van der Waals surface area contributed by atoms with Crippen LogP contribution in [0.15, 0.2) is 59.1 Å². The van der Waals surface area contributed by atoms with Crippen LogP contribution in [0, 0.1) is 0 Å². The Morgan fingerprint density at radius 2 is 1.70 bits per heavy atom. The van der Waals surface area contributed by atoms with Crippen LogP contribution in [0.1, 0.15) is 46.9 Å². The maximum atomic E-state index is 12.5. The van der Waals surface area contributed by atoms with E-state index in [-0.39, 0.29) is 19.6 Å². The molecule has 1 heterocycles. The van der Waals surface area contributed by atoms with E-state index in [0.717, 1.165) is 15.7 Å². The number of benzene rings is 2. The zero-order valence-electron chi connectivity index (χ0n) is 19.7. The first-order valence-electron chi connectivity index (χ1n) is 11.0. The summed E-state index contributed by atoms with van der Waals surface area (Å²) in [7, 11) is 0. The van der Waals surface area contributed by atoms with Crippen molar-refractivity contribution >= 4 is 21.9 Å². The van der Waals surface area contributed by atoms with Crippen LogP contribution in [0.5, 0.6) is 0 Å². The minimum Gasteiger partial charge on any atom is -0.466 e. The van der Waals surface area contributed by atoms with E-state index in [1.54, 1.807) is 18.5 Å². The molecule has 1 atom stereocenters. The highest BCUT2D eigenvalue weighted by Crippen LogP contribution is 2.32. The third kappa shape index (κ3) is 5.51. The molecule has 1 aromatic heterocycles. The molecular formula is C25H31BrN3O4+. The lowest BCUT2D eigenvalue weighted by molar-refractivity contribution is -0.611. The fourth-order valence-electron chi connectivity index (χ4n) is 3.64. The summed E-state index contributed by atoms with van der Waals surface area (Å²) in [6, 6.07) is 17.4. The Morgan fingerprint density at radius 3 is 2.24 bits per heavy atom. The van der Waals surface area contributed by atoms with Crippen molar-refractivity contribution in [1.82, 2.24) is 9.78 Å². The number of aliphatic hydroxyl groups is 1. The van der Waals surface area contributed by atoms with E-state index in [4.69, 9.17) is 14.6 Å². The molecule has 0 saturated carbocycles. The fourth-order valence-corrected chi connectivity index (χ4v) is 3.90. The van der Waals surface area contributed by atoms with Gasteiger partial charge in [-0.1, -0.05) is 34.1 Å². The SMILES string of the molecule is CCOC(=O)CC(O)(OCC)c1n(C(C)(C)C)nc(-c2ccccc2)[n+]1-c1ccc(Br)cc1. The van der Waals surface area contributed by atoms with Crippen molar-refractivity contribution in [3.05, 3.63) is 64.9 Å². The zero-order chi connectivity index (χ0) is 24.2. The second-order valence-corrected chi connectivity index (χ2v) is 9.52.